The number of hydrogen-bond donors (Lipinski definition) is 1. The van der Waals surface area contributed by atoms with Crippen molar-refractivity contribution in [2.45, 2.75) is 63.4 Å². The maximum absolute atomic E-state index is 6.09. The predicted molar refractivity (Wildman–Crippen MR) is 54.8 cm³/mol. The van der Waals surface area contributed by atoms with Crippen molar-refractivity contribution in [3.05, 3.63) is 0 Å². The molecule has 0 heterocycles. The van der Waals surface area contributed by atoms with E-state index in [1.807, 2.05) is 0 Å². The van der Waals surface area contributed by atoms with E-state index in [1.165, 1.54) is 25.7 Å². The van der Waals surface area contributed by atoms with Crippen LogP contribution in [0.3, 0.4) is 0 Å². The van der Waals surface area contributed by atoms with Gasteiger partial charge in [-0.25, -0.2) is 0 Å². The molecule has 0 aliphatic heterocycles. The van der Waals surface area contributed by atoms with Crippen LogP contribution in [0.2, 0.25) is 0 Å². The molecule has 0 radical (unpaired) electrons. The van der Waals surface area contributed by atoms with E-state index in [0.29, 0.717) is 6.04 Å². The molecule has 0 bridgehead atoms. The van der Waals surface area contributed by atoms with Gasteiger partial charge in [0.1, 0.15) is 0 Å². The van der Waals surface area contributed by atoms with E-state index in [-0.39, 0.29) is 10.9 Å². The summed E-state index contributed by atoms with van der Waals surface area (Å²) in [6, 6.07) is 0.709. The zero-order valence-corrected chi connectivity index (χ0v) is 9.12. The topological polar surface area (TPSA) is 12.0 Å². The summed E-state index contributed by atoms with van der Waals surface area (Å²) in [7, 11) is 0. The Bertz CT molecular complexity index is 137. The summed E-state index contributed by atoms with van der Waals surface area (Å²) in [6.07, 6.45) is 5.41. The van der Waals surface area contributed by atoms with Crippen molar-refractivity contribution in [3.63, 3.8) is 0 Å². The number of nitrogens with one attached hydrogen (secondary N) is 1. The van der Waals surface area contributed by atoms with Crippen LogP contribution in [0.25, 0.3) is 0 Å². The number of alkyl halides is 1. The third-order valence-corrected chi connectivity index (χ3v) is 3.47. The van der Waals surface area contributed by atoms with Gasteiger partial charge in [0.05, 0.1) is 0 Å². The maximum Gasteiger partial charge on any atom is 0.0484 e. The molecule has 0 spiro atoms. The van der Waals surface area contributed by atoms with Gasteiger partial charge in [-0.1, -0.05) is 12.8 Å². The van der Waals surface area contributed by atoms with E-state index in [2.05, 4.69) is 26.1 Å². The van der Waals surface area contributed by atoms with Crippen LogP contribution in [0.5, 0.6) is 0 Å². The highest BCUT2D eigenvalue weighted by Gasteiger charge is 2.28. The molecule has 0 saturated heterocycles. The fourth-order valence-corrected chi connectivity index (χ4v) is 1.77. The molecule has 0 amide bonds. The number of halogens is 1. The molecule has 1 rings (SSSR count). The van der Waals surface area contributed by atoms with Crippen molar-refractivity contribution in [2.24, 2.45) is 0 Å². The molecule has 0 aromatic rings. The minimum absolute atomic E-state index is 0.0799. The van der Waals surface area contributed by atoms with Crippen molar-refractivity contribution < 1.29 is 0 Å². The maximum atomic E-state index is 6.09. The van der Waals surface area contributed by atoms with Crippen LogP contribution in [0.1, 0.15) is 46.5 Å². The lowest BCUT2D eigenvalue weighted by Crippen LogP contribution is -2.50. The van der Waals surface area contributed by atoms with Gasteiger partial charge in [-0.05, 0) is 33.6 Å². The molecular weight excluding hydrogens is 170 g/mol. The molecule has 1 aliphatic carbocycles. The molecule has 1 aliphatic rings. The van der Waals surface area contributed by atoms with Gasteiger partial charge in [0.25, 0.3) is 0 Å². The first kappa shape index (κ1) is 10.3. The van der Waals surface area contributed by atoms with Gasteiger partial charge in [0, 0.05) is 17.0 Å². The van der Waals surface area contributed by atoms with Gasteiger partial charge in [-0.15, -0.1) is 11.6 Å². The Morgan fingerprint density at radius 2 is 1.83 bits per heavy atom. The van der Waals surface area contributed by atoms with Gasteiger partial charge in [-0.2, -0.15) is 0 Å². The summed E-state index contributed by atoms with van der Waals surface area (Å²) < 4.78 is 0. The molecule has 12 heavy (non-hydrogen) atoms. The highest BCUT2D eigenvalue weighted by atomic mass is 35.5. The molecule has 0 aromatic carbocycles. The summed E-state index contributed by atoms with van der Waals surface area (Å²) in [4.78, 5) is 0. The SMILES string of the molecule is CC(Cl)C(C)(C)NC1CCCC1. The van der Waals surface area contributed by atoms with E-state index in [0.717, 1.165) is 0 Å². The first-order chi connectivity index (χ1) is 5.52. The van der Waals surface area contributed by atoms with Crippen molar-refractivity contribution in [2.75, 3.05) is 0 Å². The number of hydrogen-bond acceptors (Lipinski definition) is 1. The minimum atomic E-state index is 0.0799. The van der Waals surface area contributed by atoms with Crippen molar-refractivity contribution in [1.82, 2.24) is 5.32 Å². The first-order valence-electron chi connectivity index (χ1n) is 4.94. The van der Waals surface area contributed by atoms with E-state index < -0.39 is 0 Å². The highest BCUT2D eigenvalue weighted by molar-refractivity contribution is 6.21. The number of rotatable bonds is 3. The minimum Gasteiger partial charge on any atom is -0.308 e. The Hall–Kier alpha value is 0.250. The normalized spacial score (nSPS) is 23.0. The third kappa shape index (κ3) is 2.63. The van der Waals surface area contributed by atoms with Gasteiger partial charge >= 0.3 is 0 Å². The largest absolute Gasteiger partial charge is 0.308 e. The molecule has 1 atom stereocenters. The van der Waals surface area contributed by atoms with E-state index in [4.69, 9.17) is 11.6 Å². The Balaban J connectivity index is 2.37. The fourth-order valence-electron chi connectivity index (χ4n) is 1.71. The molecule has 72 valence electrons. The molecule has 2 heteroatoms. The zero-order chi connectivity index (χ0) is 9.19. The van der Waals surface area contributed by atoms with Crippen LogP contribution < -0.4 is 5.32 Å². The van der Waals surface area contributed by atoms with Crippen LogP contribution in [-0.4, -0.2) is 17.0 Å². The second-order valence-corrected chi connectivity index (χ2v) is 5.12. The van der Waals surface area contributed by atoms with E-state index in [9.17, 15) is 0 Å². The monoisotopic (exact) mass is 189 g/mol. The van der Waals surface area contributed by atoms with Crippen LogP contribution >= 0.6 is 11.6 Å². The summed E-state index contributed by atoms with van der Waals surface area (Å²) in [5.41, 5.74) is 0.0799. The standard InChI is InChI=1S/C10H20ClN/c1-8(11)10(2,3)12-9-6-4-5-7-9/h8-9,12H,4-7H2,1-3H3. The van der Waals surface area contributed by atoms with E-state index >= 15 is 0 Å². The molecule has 1 unspecified atom stereocenters. The lowest BCUT2D eigenvalue weighted by Gasteiger charge is -2.32. The van der Waals surface area contributed by atoms with Crippen LogP contribution in [-0.2, 0) is 0 Å². The molecule has 1 fully saturated rings. The fraction of sp³-hybridized carbons (Fsp3) is 1.00. The lowest BCUT2D eigenvalue weighted by atomic mass is 9.99. The molecule has 1 saturated carbocycles. The van der Waals surface area contributed by atoms with Crippen LogP contribution in [0, 0.1) is 0 Å². The first-order valence-corrected chi connectivity index (χ1v) is 5.38. The predicted octanol–water partition coefficient (Wildman–Crippen LogP) is 2.92. The van der Waals surface area contributed by atoms with Gasteiger partial charge < -0.3 is 5.32 Å². The third-order valence-electron chi connectivity index (χ3n) is 2.93. The molecule has 1 N–H and O–H groups in total. The summed E-state index contributed by atoms with van der Waals surface area (Å²) in [5, 5.41) is 3.82. The molecular formula is C10H20ClN. The average Bonchev–Trinajstić information content (AvgIpc) is 2.38. The quantitative estimate of drug-likeness (QED) is 0.674. The Kier molecular flexibility index (Phi) is 3.42. The van der Waals surface area contributed by atoms with Crippen molar-refractivity contribution >= 4 is 11.6 Å². The summed E-state index contributed by atoms with van der Waals surface area (Å²) >= 11 is 6.09. The van der Waals surface area contributed by atoms with Gasteiger partial charge in [-0.3, -0.25) is 0 Å². The van der Waals surface area contributed by atoms with Gasteiger partial charge in [0.15, 0.2) is 0 Å². The molecule has 1 nitrogen and oxygen atoms in total. The van der Waals surface area contributed by atoms with Gasteiger partial charge in [0.2, 0.25) is 0 Å². The Morgan fingerprint density at radius 3 is 2.25 bits per heavy atom. The molecule has 0 aromatic heterocycles. The second kappa shape index (κ2) is 3.97. The van der Waals surface area contributed by atoms with Crippen LogP contribution in [0.4, 0.5) is 0 Å². The summed E-state index contributed by atoms with van der Waals surface area (Å²) in [6.45, 7) is 6.43. The zero-order valence-electron chi connectivity index (χ0n) is 8.36. The smallest absolute Gasteiger partial charge is 0.0484 e. The van der Waals surface area contributed by atoms with Crippen LogP contribution in [0.15, 0.2) is 0 Å². The Morgan fingerprint density at radius 1 is 1.33 bits per heavy atom. The Labute approximate surface area is 80.9 Å². The van der Waals surface area contributed by atoms with Crippen molar-refractivity contribution in [3.8, 4) is 0 Å². The highest BCUT2D eigenvalue weighted by Crippen LogP contribution is 2.23. The second-order valence-electron chi connectivity index (χ2n) is 4.46. The summed E-state index contributed by atoms with van der Waals surface area (Å²) in [5.74, 6) is 0. The van der Waals surface area contributed by atoms with E-state index in [1.54, 1.807) is 0 Å². The lowest BCUT2D eigenvalue weighted by molar-refractivity contribution is 0.329. The van der Waals surface area contributed by atoms with Crippen molar-refractivity contribution in [1.29, 1.82) is 0 Å². The average molecular weight is 190 g/mol.